The molecule has 126 valence electrons. The molecule has 3 N–H and O–H groups in total. The number of nitrogens with two attached hydrogens (primary N) is 1. The fourth-order valence-electron chi connectivity index (χ4n) is 4.26. The maximum atomic E-state index is 12.5. The lowest BCUT2D eigenvalue weighted by atomic mass is 9.65. The largest absolute Gasteiger partial charge is 0.380 e. The van der Waals surface area contributed by atoms with Crippen LogP contribution in [0.3, 0.4) is 0 Å². The monoisotopic (exact) mass is 316 g/mol. The van der Waals surface area contributed by atoms with Gasteiger partial charge >= 0.3 is 0 Å². The van der Waals surface area contributed by atoms with Crippen molar-refractivity contribution in [2.75, 3.05) is 7.11 Å². The highest BCUT2D eigenvalue weighted by molar-refractivity contribution is 5.78. The Hall–Kier alpha value is -1.39. The van der Waals surface area contributed by atoms with E-state index in [1.54, 1.807) is 7.11 Å². The van der Waals surface area contributed by atoms with E-state index >= 15 is 0 Å². The first-order valence-electron chi connectivity index (χ1n) is 8.77. The zero-order chi connectivity index (χ0) is 16.2. The number of carbonyl (C=O) groups is 1. The Bertz CT molecular complexity index is 515. The number of rotatable bonds is 5. The molecule has 1 amide bonds. The van der Waals surface area contributed by atoms with Gasteiger partial charge in [0.05, 0.1) is 6.61 Å². The van der Waals surface area contributed by atoms with Crippen molar-refractivity contribution in [3.63, 3.8) is 0 Å². The van der Waals surface area contributed by atoms with E-state index in [4.69, 9.17) is 10.5 Å². The van der Waals surface area contributed by atoms with E-state index in [9.17, 15) is 4.79 Å². The lowest BCUT2D eigenvalue weighted by Gasteiger charge is -2.43. The number of amides is 1. The summed E-state index contributed by atoms with van der Waals surface area (Å²) in [7, 11) is 1.69. The first-order chi connectivity index (χ1) is 11.2. The van der Waals surface area contributed by atoms with Gasteiger partial charge in [0.2, 0.25) is 5.91 Å². The predicted octanol–water partition coefficient (Wildman–Crippen LogP) is 2.60. The molecule has 2 unspecified atom stereocenters. The van der Waals surface area contributed by atoms with Crippen LogP contribution in [-0.2, 0) is 22.7 Å². The van der Waals surface area contributed by atoms with Crippen molar-refractivity contribution in [3.8, 4) is 0 Å². The van der Waals surface area contributed by atoms with Crippen LogP contribution in [0.25, 0.3) is 0 Å². The minimum Gasteiger partial charge on any atom is -0.380 e. The summed E-state index contributed by atoms with van der Waals surface area (Å²) in [6, 6.07) is 8.53. The zero-order valence-electron chi connectivity index (χ0n) is 14.0. The SMILES string of the molecule is COCc1ccc(CNC(=O)C2CC3CCCC(C2)C3N)cc1. The number of methoxy groups -OCH3 is 1. The predicted molar refractivity (Wildman–Crippen MR) is 90.5 cm³/mol. The molecule has 1 aromatic carbocycles. The highest BCUT2D eigenvalue weighted by Gasteiger charge is 2.40. The molecular weight excluding hydrogens is 288 g/mol. The van der Waals surface area contributed by atoms with Crippen LogP contribution in [0, 0.1) is 17.8 Å². The van der Waals surface area contributed by atoms with E-state index in [-0.39, 0.29) is 11.8 Å². The molecule has 23 heavy (non-hydrogen) atoms. The van der Waals surface area contributed by atoms with Gasteiger partial charge in [-0.25, -0.2) is 0 Å². The number of ether oxygens (including phenoxy) is 1. The van der Waals surface area contributed by atoms with Gasteiger partial charge < -0.3 is 15.8 Å². The van der Waals surface area contributed by atoms with Gasteiger partial charge in [-0.2, -0.15) is 0 Å². The van der Waals surface area contributed by atoms with Crippen LogP contribution in [-0.4, -0.2) is 19.1 Å². The molecule has 2 atom stereocenters. The van der Waals surface area contributed by atoms with Crippen molar-refractivity contribution < 1.29 is 9.53 Å². The zero-order valence-corrected chi connectivity index (χ0v) is 14.0. The number of carbonyl (C=O) groups excluding carboxylic acids is 1. The van der Waals surface area contributed by atoms with Crippen LogP contribution >= 0.6 is 0 Å². The molecule has 2 bridgehead atoms. The molecule has 0 aromatic heterocycles. The Morgan fingerprint density at radius 3 is 2.39 bits per heavy atom. The van der Waals surface area contributed by atoms with E-state index in [1.807, 2.05) is 0 Å². The van der Waals surface area contributed by atoms with Crippen molar-refractivity contribution in [2.45, 2.75) is 51.3 Å². The first-order valence-corrected chi connectivity index (χ1v) is 8.77. The smallest absolute Gasteiger partial charge is 0.223 e. The second-order valence-electron chi connectivity index (χ2n) is 7.16. The third kappa shape index (κ3) is 3.93. The lowest BCUT2D eigenvalue weighted by molar-refractivity contribution is -0.128. The van der Waals surface area contributed by atoms with Gasteiger partial charge in [-0.3, -0.25) is 4.79 Å². The van der Waals surface area contributed by atoms with Gasteiger partial charge in [0.15, 0.2) is 0 Å². The van der Waals surface area contributed by atoms with Crippen LogP contribution in [0.15, 0.2) is 24.3 Å². The number of nitrogens with one attached hydrogen (secondary N) is 1. The third-order valence-corrected chi connectivity index (χ3v) is 5.58. The van der Waals surface area contributed by atoms with E-state index < -0.39 is 0 Å². The van der Waals surface area contributed by atoms with Crippen LogP contribution < -0.4 is 11.1 Å². The molecule has 2 aliphatic carbocycles. The van der Waals surface area contributed by atoms with E-state index in [2.05, 4.69) is 29.6 Å². The summed E-state index contributed by atoms with van der Waals surface area (Å²) in [4.78, 5) is 12.5. The van der Waals surface area contributed by atoms with Gasteiger partial charge in [0, 0.05) is 25.6 Å². The number of hydrogen-bond donors (Lipinski definition) is 2. The van der Waals surface area contributed by atoms with Crippen LogP contribution in [0.4, 0.5) is 0 Å². The van der Waals surface area contributed by atoms with Gasteiger partial charge in [-0.15, -0.1) is 0 Å². The molecule has 1 aromatic rings. The molecule has 0 heterocycles. The van der Waals surface area contributed by atoms with Crippen LogP contribution in [0.1, 0.15) is 43.2 Å². The Kier molecular flexibility index (Phi) is 5.34. The molecule has 0 saturated heterocycles. The molecule has 2 saturated carbocycles. The molecule has 0 aliphatic heterocycles. The van der Waals surface area contributed by atoms with Gasteiger partial charge in [-0.05, 0) is 48.6 Å². The molecule has 2 fully saturated rings. The van der Waals surface area contributed by atoms with Crippen LogP contribution in [0.5, 0.6) is 0 Å². The summed E-state index contributed by atoms with van der Waals surface area (Å²) >= 11 is 0. The lowest BCUT2D eigenvalue weighted by Crippen LogP contribution is -2.49. The highest BCUT2D eigenvalue weighted by atomic mass is 16.5. The van der Waals surface area contributed by atoms with Crippen molar-refractivity contribution in [1.29, 1.82) is 0 Å². The maximum Gasteiger partial charge on any atom is 0.223 e. The maximum absolute atomic E-state index is 12.5. The minimum atomic E-state index is 0.151. The second-order valence-corrected chi connectivity index (χ2v) is 7.16. The molecule has 4 nitrogen and oxygen atoms in total. The number of fused-ring (bicyclic) bond motifs is 2. The average Bonchev–Trinajstić information content (AvgIpc) is 2.54. The van der Waals surface area contributed by atoms with E-state index in [0.29, 0.717) is 31.0 Å². The summed E-state index contributed by atoms with van der Waals surface area (Å²) in [5, 5.41) is 3.11. The van der Waals surface area contributed by atoms with Gasteiger partial charge in [0.1, 0.15) is 0 Å². The van der Waals surface area contributed by atoms with E-state index in [1.165, 1.54) is 19.3 Å². The highest BCUT2D eigenvalue weighted by Crippen LogP contribution is 2.41. The molecule has 3 rings (SSSR count). The fourth-order valence-corrected chi connectivity index (χ4v) is 4.26. The first kappa shape index (κ1) is 16.5. The molecule has 0 spiro atoms. The molecular formula is C19H28N2O2. The topological polar surface area (TPSA) is 64.3 Å². The summed E-state index contributed by atoms with van der Waals surface area (Å²) in [5.41, 5.74) is 8.59. The van der Waals surface area contributed by atoms with Crippen molar-refractivity contribution in [3.05, 3.63) is 35.4 Å². The summed E-state index contributed by atoms with van der Waals surface area (Å²) < 4.78 is 5.11. The number of hydrogen-bond acceptors (Lipinski definition) is 3. The third-order valence-electron chi connectivity index (χ3n) is 5.58. The Labute approximate surface area is 138 Å². The second kappa shape index (κ2) is 7.45. The minimum absolute atomic E-state index is 0.151. The summed E-state index contributed by atoms with van der Waals surface area (Å²) in [6.07, 6.45) is 5.61. The standard InChI is InChI=1S/C19H28N2O2/c1-23-12-14-7-5-13(6-8-14)11-21-19(22)17-9-15-3-2-4-16(10-17)18(15)20/h5-8,15-18H,2-4,9-12,20H2,1H3,(H,21,22). The molecule has 4 heteroatoms. The van der Waals surface area contributed by atoms with E-state index in [0.717, 1.165) is 24.0 Å². The van der Waals surface area contributed by atoms with Crippen molar-refractivity contribution >= 4 is 5.91 Å². The summed E-state index contributed by atoms with van der Waals surface area (Å²) in [6.45, 7) is 1.22. The quantitative estimate of drug-likeness (QED) is 0.877. The average molecular weight is 316 g/mol. The van der Waals surface area contributed by atoms with Crippen molar-refractivity contribution in [1.82, 2.24) is 5.32 Å². The van der Waals surface area contributed by atoms with Crippen molar-refractivity contribution in [2.24, 2.45) is 23.5 Å². The Balaban J connectivity index is 1.51. The fraction of sp³-hybridized carbons (Fsp3) is 0.632. The van der Waals surface area contributed by atoms with Gasteiger partial charge in [-0.1, -0.05) is 30.7 Å². The van der Waals surface area contributed by atoms with Gasteiger partial charge in [0.25, 0.3) is 0 Å². The Morgan fingerprint density at radius 1 is 1.17 bits per heavy atom. The molecule has 0 radical (unpaired) electrons. The number of benzene rings is 1. The summed E-state index contributed by atoms with van der Waals surface area (Å²) in [5.74, 6) is 1.45. The molecule has 2 aliphatic rings. The van der Waals surface area contributed by atoms with Crippen LogP contribution in [0.2, 0.25) is 0 Å². The normalized spacial score (nSPS) is 30.0. The Morgan fingerprint density at radius 2 is 1.78 bits per heavy atom.